The highest BCUT2D eigenvalue weighted by Crippen LogP contribution is 2.06. The minimum absolute atomic E-state index is 0.197. The second kappa shape index (κ2) is 7.43. The van der Waals surface area contributed by atoms with Crippen molar-refractivity contribution in [3.8, 4) is 0 Å². The molecule has 0 heterocycles. The van der Waals surface area contributed by atoms with E-state index in [0.29, 0.717) is 12.5 Å². The molecule has 17 heavy (non-hydrogen) atoms. The van der Waals surface area contributed by atoms with Crippen LogP contribution in [0.25, 0.3) is 0 Å². The van der Waals surface area contributed by atoms with Gasteiger partial charge in [-0.1, -0.05) is 13.8 Å². The maximum absolute atomic E-state index is 11.3. The molecule has 0 saturated heterocycles. The van der Waals surface area contributed by atoms with Gasteiger partial charge in [-0.3, -0.25) is 4.79 Å². The summed E-state index contributed by atoms with van der Waals surface area (Å²) in [6.45, 7) is 3.80. The number of hydrogen-bond acceptors (Lipinski definition) is 4. The van der Waals surface area contributed by atoms with E-state index in [0.717, 1.165) is 6.08 Å². The average molecular weight is 243 g/mol. The first-order valence-corrected chi connectivity index (χ1v) is 5.16. The van der Waals surface area contributed by atoms with Crippen LogP contribution in [0, 0.1) is 5.92 Å². The van der Waals surface area contributed by atoms with E-state index < -0.39 is 23.9 Å². The molecule has 0 radical (unpaired) electrons. The summed E-state index contributed by atoms with van der Waals surface area (Å²) in [6.07, 6.45) is 2.00. The van der Waals surface area contributed by atoms with Crippen LogP contribution in [-0.2, 0) is 19.1 Å². The molecule has 0 rings (SSSR count). The van der Waals surface area contributed by atoms with Crippen molar-refractivity contribution in [3.05, 3.63) is 12.2 Å². The SMILES string of the molecule is COC(=O)C(CC(C)C)NC(=O)/C=C/C(=O)O. The van der Waals surface area contributed by atoms with Crippen molar-refractivity contribution in [1.29, 1.82) is 0 Å². The summed E-state index contributed by atoms with van der Waals surface area (Å²) in [6, 6.07) is -0.758. The first-order chi connectivity index (χ1) is 7.86. The van der Waals surface area contributed by atoms with E-state index in [2.05, 4.69) is 10.1 Å². The Balaban J connectivity index is 4.47. The molecular formula is C11H17NO5. The summed E-state index contributed by atoms with van der Waals surface area (Å²) in [5.74, 6) is -2.21. The lowest BCUT2D eigenvalue weighted by molar-refractivity contribution is -0.145. The minimum atomic E-state index is -1.22. The molecule has 96 valence electrons. The zero-order valence-corrected chi connectivity index (χ0v) is 10.1. The van der Waals surface area contributed by atoms with Gasteiger partial charge in [0.25, 0.3) is 0 Å². The fourth-order valence-electron chi connectivity index (χ4n) is 1.19. The number of carboxylic acid groups (broad SMARTS) is 1. The zero-order valence-electron chi connectivity index (χ0n) is 10.1. The number of rotatable bonds is 6. The van der Waals surface area contributed by atoms with Crippen LogP contribution < -0.4 is 5.32 Å². The molecule has 0 saturated carbocycles. The number of carboxylic acids is 1. The number of aliphatic carboxylic acids is 1. The van der Waals surface area contributed by atoms with Gasteiger partial charge < -0.3 is 15.2 Å². The van der Waals surface area contributed by atoms with Crippen molar-refractivity contribution < 1.29 is 24.2 Å². The smallest absolute Gasteiger partial charge is 0.328 e. The summed E-state index contributed by atoms with van der Waals surface area (Å²) >= 11 is 0. The molecule has 1 atom stereocenters. The third-order valence-electron chi connectivity index (χ3n) is 1.89. The number of ether oxygens (including phenoxy) is 1. The van der Waals surface area contributed by atoms with E-state index in [-0.39, 0.29) is 5.92 Å². The normalized spacial score (nSPS) is 12.5. The van der Waals surface area contributed by atoms with Gasteiger partial charge in [0.2, 0.25) is 5.91 Å². The number of esters is 1. The molecule has 0 bridgehead atoms. The van der Waals surface area contributed by atoms with Crippen LogP contribution in [0.3, 0.4) is 0 Å². The fraction of sp³-hybridized carbons (Fsp3) is 0.545. The Labute approximate surface area is 99.6 Å². The lowest BCUT2D eigenvalue weighted by atomic mass is 10.0. The standard InChI is InChI=1S/C11H17NO5/c1-7(2)6-8(11(16)17-3)12-9(13)4-5-10(14)15/h4-5,7-8H,6H2,1-3H3,(H,12,13)(H,14,15)/b5-4+. The van der Waals surface area contributed by atoms with Gasteiger partial charge >= 0.3 is 11.9 Å². The molecule has 1 amide bonds. The number of methoxy groups -OCH3 is 1. The number of hydrogen-bond donors (Lipinski definition) is 2. The van der Waals surface area contributed by atoms with Crippen LogP contribution in [-0.4, -0.2) is 36.1 Å². The van der Waals surface area contributed by atoms with Gasteiger partial charge in [-0.25, -0.2) is 9.59 Å². The highest BCUT2D eigenvalue weighted by molar-refractivity contribution is 5.95. The molecular weight excluding hydrogens is 226 g/mol. The number of carbonyl (C=O) groups excluding carboxylic acids is 2. The quantitative estimate of drug-likeness (QED) is 0.518. The van der Waals surface area contributed by atoms with Gasteiger partial charge in [-0.15, -0.1) is 0 Å². The summed E-state index contributed by atoms with van der Waals surface area (Å²) in [4.78, 5) is 32.8. The van der Waals surface area contributed by atoms with Crippen LogP contribution in [0.15, 0.2) is 12.2 Å². The van der Waals surface area contributed by atoms with Crippen molar-refractivity contribution in [1.82, 2.24) is 5.32 Å². The largest absolute Gasteiger partial charge is 0.478 e. The molecule has 0 spiro atoms. The van der Waals surface area contributed by atoms with E-state index in [1.54, 1.807) is 0 Å². The van der Waals surface area contributed by atoms with Gasteiger partial charge in [0, 0.05) is 12.2 Å². The average Bonchev–Trinajstić information content (AvgIpc) is 2.23. The maximum Gasteiger partial charge on any atom is 0.328 e. The Morgan fingerprint density at radius 3 is 2.29 bits per heavy atom. The predicted molar refractivity (Wildman–Crippen MR) is 60.2 cm³/mol. The summed E-state index contributed by atoms with van der Waals surface area (Å²) in [7, 11) is 1.23. The number of carbonyl (C=O) groups is 3. The Kier molecular flexibility index (Phi) is 6.62. The van der Waals surface area contributed by atoms with E-state index in [9.17, 15) is 14.4 Å². The van der Waals surface area contributed by atoms with Crippen molar-refractivity contribution in [2.24, 2.45) is 5.92 Å². The Morgan fingerprint density at radius 2 is 1.88 bits per heavy atom. The number of nitrogens with one attached hydrogen (secondary N) is 1. The molecule has 6 heteroatoms. The molecule has 0 aromatic rings. The van der Waals surface area contributed by atoms with E-state index in [1.165, 1.54) is 7.11 Å². The first-order valence-electron chi connectivity index (χ1n) is 5.16. The minimum Gasteiger partial charge on any atom is -0.478 e. The van der Waals surface area contributed by atoms with E-state index >= 15 is 0 Å². The fourth-order valence-corrected chi connectivity index (χ4v) is 1.19. The van der Waals surface area contributed by atoms with Gasteiger partial charge in [0.1, 0.15) is 6.04 Å². The molecule has 0 fully saturated rings. The van der Waals surface area contributed by atoms with Gasteiger partial charge in [-0.2, -0.15) is 0 Å². The third-order valence-corrected chi connectivity index (χ3v) is 1.89. The van der Waals surface area contributed by atoms with E-state index in [1.807, 2.05) is 13.8 Å². The highest BCUT2D eigenvalue weighted by Gasteiger charge is 2.21. The van der Waals surface area contributed by atoms with Crippen LogP contribution >= 0.6 is 0 Å². The molecule has 0 aliphatic heterocycles. The van der Waals surface area contributed by atoms with Crippen molar-refractivity contribution in [3.63, 3.8) is 0 Å². The van der Waals surface area contributed by atoms with Gasteiger partial charge in [0.05, 0.1) is 7.11 Å². The molecule has 0 aliphatic carbocycles. The van der Waals surface area contributed by atoms with Crippen molar-refractivity contribution in [2.45, 2.75) is 26.3 Å². The number of amides is 1. The molecule has 2 N–H and O–H groups in total. The summed E-state index contributed by atoms with van der Waals surface area (Å²) in [5, 5.41) is 10.7. The predicted octanol–water partition coefficient (Wildman–Crippen LogP) is 0.331. The molecule has 0 aromatic heterocycles. The maximum atomic E-state index is 11.3. The monoisotopic (exact) mass is 243 g/mol. The zero-order chi connectivity index (χ0) is 13.4. The second-order valence-corrected chi connectivity index (χ2v) is 3.89. The first kappa shape index (κ1) is 15.2. The summed E-state index contributed by atoms with van der Waals surface area (Å²) < 4.78 is 4.55. The van der Waals surface area contributed by atoms with Gasteiger partial charge in [-0.05, 0) is 12.3 Å². The highest BCUT2D eigenvalue weighted by atomic mass is 16.5. The topological polar surface area (TPSA) is 92.7 Å². The Morgan fingerprint density at radius 1 is 1.29 bits per heavy atom. The molecule has 0 aromatic carbocycles. The molecule has 6 nitrogen and oxygen atoms in total. The molecule has 0 aliphatic rings. The Bertz CT molecular complexity index is 322. The van der Waals surface area contributed by atoms with Crippen molar-refractivity contribution in [2.75, 3.05) is 7.11 Å². The second-order valence-electron chi connectivity index (χ2n) is 3.89. The molecule has 1 unspecified atom stereocenters. The van der Waals surface area contributed by atoms with Crippen LogP contribution in [0.5, 0.6) is 0 Å². The lowest BCUT2D eigenvalue weighted by Crippen LogP contribution is -2.41. The van der Waals surface area contributed by atoms with Gasteiger partial charge in [0.15, 0.2) is 0 Å². The third kappa shape index (κ3) is 7.10. The van der Waals surface area contributed by atoms with Crippen LogP contribution in [0.2, 0.25) is 0 Å². The summed E-state index contributed by atoms with van der Waals surface area (Å²) in [5.41, 5.74) is 0. The van der Waals surface area contributed by atoms with Crippen LogP contribution in [0.4, 0.5) is 0 Å². The van der Waals surface area contributed by atoms with Crippen LogP contribution in [0.1, 0.15) is 20.3 Å². The van der Waals surface area contributed by atoms with Crippen molar-refractivity contribution >= 4 is 17.8 Å². The van der Waals surface area contributed by atoms with E-state index in [4.69, 9.17) is 5.11 Å². The lowest BCUT2D eigenvalue weighted by Gasteiger charge is -2.17. The Hall–Kier alpha value is -1.85.